The van der Waals surface area contributed by atoms with Crippen LogP contribution in [-0.2, 0) is 0 Å². The minimum Gasteiger partial charge on any atom is -0.384 e. The van der Waals surface area contributed by atoms with Gasteiger partial charge in [0, 0.05) is 25.3 Å². The van der Waals surface area contributed by atoms with Gasteiger partial charge in [-0.2, -0.15) is 0 Å². The summed E-state index contributed by atoms with van der Waals surface area (Å²) in [5.41, 5.74) is 1.51. The van der Waals surface area contributed by atoms with Crippen molar-refractivity contribution in [3.8, 4) is 0 Å². The molecule has 0 bridgehead atoms. The van der Waals surface area contributed by atoms with Crippen LogP contribution < -0.4 is 5.32 Å². The normalized spacial score (nSPS) is 16.8. The number of hydrogen-bond acceptors (Lipinski definition) is 2. The van der Waals surface area contributed by atoms with Crippen molar-refractivity contribution in [1.82, 2.24) is 10.2 Å². The van der Waals surface area contributed by atoms with Crippen LogP contribution in [0.25, 0.3) is 0 Å². The van der Waals surface area contributed by atoms with Crippen LogP contribution >= 0.6 is 0 Å². The summed E-state index contributed by atoms with van der Waals surface area (Å²) in [5, 5.41) is 3.50. The summed E-state index contributed by atoms with van der Waals surface area (Å²) in [4.78, 5) is 2.66. The molecule has 132 valence electrons. The van der Waals surface area contributed by atoms with Crippen molar-refractivity contribution in [3.63, 3.8) is 0 Å². The first-order valence-electron chi connectivity index (χ1n) is 9.42. The molecule has 0 aromatic heterocycles. The Kier molecular flexibility index (Phi) is 9.31. The Hall–Kier alpha value is -1.02. The van der Waals surface area contributed by atoms with E-state index in [1.807, 2.05) is 19.1 Å². The van der Waals surface area contributed by atoms with Gasteiger partial charge in [-0.3, -0.25) is 0 Å². The standard InChI is InChI=1S/C21H38N2/c1-6-9-13-20(7-2)22-15-17-23(18-21(4,5)8-3)16-14-19-11-10-12-19/h6-7,9,13,19,22H,2,8,10-12,14-18H2,1,3-5H3/b9-6-,20-13+. The lowest BCUT2D eigenvalue weighted by Crippen LogP contribution is -2.39. The van der Waals surface area contributed by atoms with Crippen LogP contribution in [0.15, 0.2) is 36.6 Å². The number of nitrogens with one attached hydrogen (secondary N) is 1. The molecule has 1 rings (SSSR count). The zero-order chi connectivity index (χ0) is 17.1. The quantitative estimate of drug-likeness (QED) is 0.501. The zero-order valence-corrected chi connectivity index (χ0v) is 15.9. The molecule has 0 aromatic rings. The SMILES string of the molecule is C=C/C(=C\C=C/C)NCCN(CCC1CCC1)CC(C)(C)CC. The summed E-state index contributed by atoms with van der Waals surface area (Å²) < 4.78 is 0. The van der Waals surface area contributed by atoms with E-state index in [1.54, 1.807) is 0 Å². The van der Waals surface area contributed by atoms with Gasteiger partial charge in [-0.1, -0.05) is 58.8 Å². The lowest BCUT2D eigenvalue weighted by molar-refractivity contribution is 0.153. The summed E-state index contributed by atoms with van der Waals surface area (Å²) in [5.74, 6) is 0.994. The van der Waals surface area contributed by atoms with E-state index in [0.717, 1.165) is 24.7 Å². The van der Waals surface area contributed by atoms with Crippen molar-refractivity contribution < 1.29 is 0 Å². The van der Waals surface area contributed by atoms with Gasteiger partial charge in [-0.15, -0.1) is 0 Å². The summed E-state index contributed by atoms with van der Waals surface area (Å²) in [7, 11) is 0. The van der Waals surface area contributed by atoms with E-state index in [4.69, 9.17) is 0 Å². The van der Waals surface area contributed by atoms with Gasteiger partial charge < -0.3 is 10.2 Å². The third-order valence-corrected chi connectivity index (χ3v) is 5.13. The maximum absolute atomic E-state index is 3.88. The Morgan fingerprint density at radius 3 is 2.57 bits per heavy atom. The molecule has 0 saturated heterocycles. The highest BCUT2D eigenvalue weighted by atomic mass is 15.1. The lowest BCUT2D eigenvalue weighted by atomic mass is 9.82. The van der Waals surface area contributed by atoms with E-state index in [0.29, 0.717) is 5.41 Å². The summed E-state index contributed by atoms with van der Waals surface area (Å²) >= 11 is 0. The fourth-order valence-corrected chi connectivity index (χ4v) is 2.89. The molecule has 0 spiro atoms. The molecule has 0 unspecified atom stereocenters. The van der Waals surface area contributed by atoms with Crippen molar-refractivity contribution in [1.29, 1.82) is 0 Å². The number of rotatable bonds is 12. The molecule has 1 aliphatic carbocycles. The van der Waals surface area contributed by atoms with Crippen LogP contribution in [0, 0.1) is 11.3 Å². The molecule has 2 heteroatoms. The van der Waals surface area contributed by atoms with Crippen molar-refractivity contribution >= 4 is 0 Å². The van der Waals surface area contributed by atoms with E-state index in [-0.39, 0.29) is 0 Å². The molecule has 0 atom stereocenters. The molecule has 0 aromatic carbocycles. The second-order valence-electron chi connectivity index (χ2n) is 7.66. The maximum Gasteiger partial charge on any atom is 0.0334 e. The molecule has 1 N–H and O–H groups in total. The van der Waals surface area contributed by atoms with Crippen molar-refractivity contribution in [2.45, 2.75) is 59.8 Å². The fourth-order valence-electron chi connectivity index (χ4n) is 2.89. The average molecular weight is 319 g/mol. The van der Waals surface area contributed by atoms with Crippen LogP contribution in [0.5, 0.6) is 0 Å². The zero-order valence-electron chi connectivity index (χ0n) is 15.9. The monoisotopic (exact) mass is 318 g/mol. The van der Waals surface area contributed by atoms with Crippen LogP contribution in [-0.4, -0.2) is 31.1 Å². The highest BCUT2D eigenvalue weighted by molar-refractivity contribution is 5.20. The van der Waals surface area contributed by atoms with Crippen molar-refractivity contribution in [3.05, 3.63) is 36.6 Å². The van der Waals surface area contributed by atoms with Crippen LogP contribution in [0.4, 0.5) is 0 Å². The molecule has 0 radical (unpaired) electrons. The summed E-state index contributed by atoms with van der Waals surface area (Å²) in [6, 6.07) is 0. The molecule has 23 heavy (non-hydrogen) atoms. The third kappa shape index (κ3) is 8.41. The Morgan fingerprint density at radius 1 is 1.30 bits per heavy atom. The van der Waals surface area contributed by atoms with Gasteiger partial charge in [0.05, 0.1) is 0 Å². The van der Waals surface area contributed by atoms with E-state index in [1.165, 1.54) is 45.2 Å². The van der Waals surface area contributed by atoms with Crippen LogP contribution in [0.1, 0.15) is 59.8 Å². The predicted molar refractivity (Wildman–Crippen MR) is 104 cm³/mol. The Balaban J connectivity index is 2.44. The Bertz CT molecular complexity index is 389. The highest BCUT2D eigenvalue weighted by Crippen LogP contribution is 2.30. The second-order valence-corrected chi connectivity index (χ2v) is 7.66. The van der Waals surface area contributed by atoms with Gasteiger partial charge in [-0.25, -0.2) is 0 Å². The number of hydrogen-bond donors (Lipinski definition) is 1. The fraction of sp³-hybridized carbons (Fsp3) is 0.714. The van der Waals surface area contributed by atoms with Gasteiger partial charge in [-0.05, 0) is 49.8 Å². The van der Waals surface area contributed by atoms with E-state index in [9.17, 15) is 0 Å². The van der Waals surface area contributed by atoms with Gasteiger partial charge in [0.1, 0.15) is 0 Å². The first-order valence-corrected chi connectivity index (χ1v) is 9.42. The van der Waals surface area contributed by atoms with E-state index in [2.05, 4.69) is 49.7 Å². The molecule has 0 aliphatic heterocycles. The van der Waals surface area contributed by atoms with Crippen LogP contribution in [0.2, 0.25) is 0 Å². The molecule has 1 fully saturated rings. The second kappa shape index (κ2) is 10.7. The average Bonchev–Trinajstić information content (AvgIpc) is 2.48. The lowest BCUT2D eigenvalue weighted by Gasteiger charge is -2.34. The Labute approximate surface area is 144 Å². The molecule has 1 saturated carbocycles. The summed E-state index contributed by atoms with van der Waals surface area (Å²) in [6.45, 7) is 17.5. The topological polar surface area (TPSA) is 15.3 Å². The first kappa shape index (κ1) is 20.0. The molecule has 2 nitrogen and oxygen atoms in total. The molecular weight excluding hydrogens is 280 g/mol. The smallest absolute Gasteiger partial charge is 0.0334 e. The molecule has 1 aliphatic rings. The van der Waals surface area contributed by atoms with Gasteiger partial charge >= 0.3 is 0 Å². The minimum atomic E-state index is 0.404. The molecule has 0 amide bonds. The van der Waals surface area contributed by atoms with Gasteiger partial charge in [0.25, 0.3) is 0 Å². The maximum atomic E-state index is 3.88. The minimum absolute atomic E-state index is 0.404. The highest BCUT2D eigenvalue weighted by Gasteiger charge is 2.22. The van der Waals surface area contributed by atoms with Crippen molar-refractivity contribution in [2.75, 3.05) is 26.2 Å². The number of nitrogens with zero attached hydrogens (tertiary/aromatic N) is 1. The predicted octanol–water partition coefficient (Wildman–Crippen LogP) is 5.15. The number of allylic oxidation sites excluding steroid dienone is 4. The van der Waals surface area contributed by atoms with Gasteiger partial charge in [0.15, 0.2) is 0 Å². The molecule has 0 heterocycles. The van der Waals surface area contributed by atoms with Crippen molar-refractivity contribution in [2.24, 2.45) is 11.3 Å². The molecular formula is C21H38N2. The van der Waals surface area contributed by atoms with Crippen LogP contribution in [0.3, 0.4) is 0 Å². The Morgan fingerprint density at radius 2 is 2.04 bits per heavy atom. The van der Waals surface area contributed by atoms with E-state index >= 15 is 0 Å². The van der Waals surface area contributed by atoms with E-state index < -0.39 is 0 Å². The third-order valence-electron chi connectivity index (χ3n) is 5.13. The first-order chi connectivity index (χ1) is 11.0. The summed E-state index contributed by atoms with van der Waals surface area (Å²) in [6.07, 6.45) is 15.0. The largest absolute Gasteiger partial charge is 0.384 e. The van der Waals surface area contributed by atoms with Gasteiger partial charge in [0.2, 0.25) is 0 Å².